The van der Waals surface area contributed by atoms with E-state index < -0.39 is 0 Å². The van der Waals surface area contributed by atoms with Gasteiger partial charge >= 0.3 is 0 Å². The first-order valence-electron chi connectivity index (χ1n) is 5.67. The predicted molar refractivity (Wildman–Crippen MR) is 64.1 cm³/mol. The smallest absolute Gasteiger partial charge is 0.0377 e. The number of unbranched alkanes of at least 4 members (excludes halogenated alkanes) is 1. The first kappa shape index (κ1) is 15.2. The highest BCUT2D eigenvalue weighted by Gasteiger charge is 1.88. The lowest BCUT2D eigenvalue weighted by molar-refractivity contribution is 0.550. The molecule has 0 unspecified atom stereocenters. The molecule has 0 aliphatic heterocycles. The van der Waals surface area contributed by atoms with Gasteiger partial charge in [-0.2, -0.15) is 0 Å². The predicted octanol–water partition coefficient (Wildman–Crippen LogP) is 5.20. The van der Waals surface area contributed by atoms with E-state index in [1.807, 2.05) is 0 Å². The zero-order valence-electron chi connectivity index (χ0n) is 10.5. The minimum atomic E-state index is 0.903. The Morgan fingerprint density at radius 3 is 1.77 bits per heavy atom. The molecule has 0 aromatic rings. The van der Waals surface area contributed by atoms with Crippen LogP contribution >= 0.6 is 0 Å². The zero-order chi connectivity index (χ0) is 10.7. The Hall–Kier alpha value is -0.260. The maximum absolute atomic E-state index is 2.27. The molecule has 0 atom stereocenters. The average Bonchev–Trinajstić information content (AvgIpc) is 2.01. The van der Waals surface area contributed by atoms with Gasteiger partial charge in [-0.15, -0.1) is 0 Å². The molecule has 0 aromatic heterocycles. The molecule has 0 aliphatic rings. The molecule has 0 aromatic carbocycles. The third-order valence-corrected chi connectivity index (χ3v) is 1.75. The highest BCUT2D eigenvalue weighted by molar-refractivity contribution is 4.91. The minimum absolute atomic E-state index is 0.903. The summed E-state index contributed by atoms with van der Waals surface area (Å²) in [7, 11) is 0. The molecule has 13 heavy (non-hydrogen) atoms. The van der Waals surface area contributed by atoms with Gasteiger partial charge in [0.05, 0.1) is 0 Å². The highest BCUT2D eigenvalue weighted by Crippen LogP contribution is 2.04. The molecule has 0 saturated heterocycles. The standard InChI is InChI=1S/C7H16.C6H12/c1-4-5-6-7(2)3;1-4-5-6(2)3/h7H,4-6H2,1-3H3;5H,4H2,1-3H3. The maximum atomic E-state index is 2.27. The van der Waals surface area contributed by atoms with Crippen LogP contribution in [0.1, 0.15) is 67.2 Å². The molecule has 0 bridgehead atoms. The number of hydrogen-bond acceptors (Lipinski definition) is 0. The van der Waals surface area contributed by atoms with Crippen LogP contribution in [0, 0.1) is 5.92 Å². The fourth-order valence-corrected chi connectivity index (χ4v) is 1.02. The summed E-state index contributed by atoms with van der Waals surface area (Å²) in [5.74, 6) is 0.903. The molecule has 0 amide bonds. The third kappa shape index (κ3) is 24.5. The maximum Gasteiger partial charge on any atom is -0.0377 e. The fraction of sp³-hybridized carbons (Fsp3) is 0.846. The lowest BCUT2D eigenvalue weighted by atomic mass is 10.1. The number of rotatable bonds is 4. The van der Waals surface area contributed by atoms with E-state index in [1.54, 1.807) is 0 Å². The topological polar surface area (TPSA) is 0 Å². The Bertz CT molecular complexity index is 105. The zero-order valence-corrected chi connectivity index (χ0v) is 10.5. The Balaban J connectivity index is 0. The van der Waals surface area contributed by atoms with Crippen molar-refractivity contribution in [3.05, 3.63) is 11.6 Å². The summed E-state index contributed by atoms with van der Waals surface area (Å²) in [6, 6.07) is 0. The SMILES string of the molecule is CCC=C(C)C.CCCCC(C)C. The Labute approximate surface area is 85.4 Å². The number of allylic oxidation sites excluding steroid dienone is 2. The van der Waals surface area contributed by atoms with Crippen LogP contribution < -0.4 is 0 Å². The number of hydrogen-bond donors (Lipinski definition) is 0. The minimum Gasteiger partial charge on any atom is -0.0862 e. The van der Waals surface area contributed by atoms with Gasteiger partial charge in [-0.1, -0.05) is 58.6 Å². The van der Waals surface area contributed by atoms with Crippen LogP contribution in [-0.2, 0) is 0 Å². The molecule has 0 heteroatoms. The van der Waals surface area contributed by atoms with Gasteiger partial charge in [0.15, 0.2) is 0 Å². The van der Waals surface area contributed by atoms with Crippen LogP contribution in [0.25, 0.3) is 0 Å². The second-order valence-electron chi connectivity index (χ2n) is 4.23. The first-order chi connectivity index (χ1) is 6.04. The largest absolute Gasteiger partial charge is 0.0862 e. The van der Waals surface area contributed by atoms with E-state index >= 15 is 0 Å². The molecule has 0 rings (SSSR count). The van der Waals surface area contributed by atoms with Crippen LogP contribution in [-0.4, -0.2) is 0 Å². The van der Waals surface area contributed by atoms with Gasteiger partial charge in [0.1, 0.15) is 0 Å². The lowest BCUT2D eigenvalue weighted by Crippen LogP contribution is -1.83. The van der Waals surface area contributed by atoms with Crippen molar-refractivity contribution in [3.8, 4) is 0 Å². The van der Waals surface area contributed by atoms with Crippen LogP contribution in [0.2, 0.25) is 0 Å². The summed E-state index contributed by atoms with van der Waals surface area (Å²) in [5, 5.41) is 0. The molecule has 0 aliphatic carbocycles. The summed E-state index contributed by atoms with van der Waals surface area (Å²) in [4.78, 5) is 0. The van der Waals surface area contributed by atoms with Crippen LogP contribution in [0.3, 0.4) is 0 Å². The summed E-state index contributed by atoms with van der Waals surface area (Å²) in [6.07, 6.45) is 7.52. The third-order valence-electron chi connectivity index (χ3n) is 1.75. The summed E-state index contributed by atoms with van der Waals surface area (Å²) >= 11 is 0. The van der Waals surface area contributed by atoms with E-state index in [1.165, 1.54) is 31.3 Å². The first-order valence-corrected chi connectivity index (χ1v) is 5.67. The summed E-state index contributed by atoms with van der Waals surface area (Å²) in [5.41, 5.74) is 1.41. The quantitative estimate of drug-likeness (QED) is 0.527. The summed E-state index contributed by atoms with van der Waals surface area (Å²) in [6.45, 7) is 13.2. The lowest BCUT2D eigenvalue weighted by Gasteiger charge is -1.98. The van der Waals surface area contributed by atoms with E-state index in [9.17, 15) is 0 Å². The monoisotopic (exact) mass is 184 g/mol. The van der Waals surface area contributed by atoms with Gasteiger partial charge in [-0.3, -0.25) is 0 Å². The van der Waals surface area contributed by atoms with Crippen LogP contribution in [0.15, 0.2) is 11.6 Å². The molecule has 0 spiro atoms. The Morgan fingerprint density at radius 2 is 1.69 bits per heavy atom. The molecule has 0 heterocycles. The molecule has 0 fully saturated rings. The van der Waals surface area contributed by atoms with E-state index in [2.05, 4.69) is 47.6 Å². The van der Waals surface area contributed by atoms with Gasteiger partial charge in [-0.05, 0) is 26.2 Å². The average molecular weight is 184 g/mol. The van der Waals surface area contributed by atoms with Crippen molar-refractivity contribution in [1.29, 1.82) is 0 Å². The van der Waals surface area contributed by atoms with Gasteiger partial charge in [0.25, 0.3) is 0 Å². The van der Waals surface area contributed by atoms with E-state index in [0.29, 0.717) is 0 Å². The molecule has 80 valence electrons. The van der Waals surface area contributed by atoms with E-state index in [4.69, 9.17) is 0 Å². The molecule has 0 nitrogen and oxygen atoms in total. The fourth-order valence-electron chi connectivity index (χ4n) is 1.02. The molecule has 0 radical (unpaired) electrons. The van der Waals surface area contributed by atoms with Crippen molar-refractivity contribution in [3.63, 3.8) is 0 Å². The van der Waals surface area contributed by atoms with Crippen molar-refractivity contribution < 1.29 is 0 Å². The molecule has 0 N–H and O–H groups in total. The van der Waals surface area contributed by atoms with Crippen LogP contribution in [0.5, 0.6) is 0 Å². The highest BCUT2D eigenvalue weighted by atomic mass is 13.9. The van der Waals surface area contributed by atoms with Gasteiger partial charge < -0.3 is 0 Å². The van der Waals surface area contributed by atoms with Gasteiger partial charge in [0, 0.05) is 0 Å². The van der Waals surface area contributed by atoms with Crippen molar-refractivity contribution in [2.45, 2.75) is 67.2 Å². The molecular weight excluding hydrogens is 156 g/mol. The second-order valence-corrected chi connectivity index (χ2v) is 4.23. The van der Waals surface area contributed by atoms with Gasteiger partial charge in [-0.25, -0.2) is 0 Å². The Morgan fingerprint density at radius 1 is 1.15 bits per heavy atom. The van der Waals surface area contributed by atoms with E-state index in [-0.39, 0.29) is 0 Å². The van der Waals surface area contributed by atoms with E-state index in [0.717, 1.165) is 5.92 Å². The molecule has 0 saturated carbocycles. The van der Waals surface area contributed by atoms with Crippen molar-refractivity contribution >= 4 is 0 Å². The normalized spacial score (nSPS) is 9.15. The van der Waals surface area contributed by atoms with Crippen molar-refractivity contribution in [2.75, 3.05) is 0 Å². The van der Waals surface area contributed by atoms with Crippen molar-refractivity contribution in [2.24, 2.45) is 5.92 Å². The molecular formula is C13H28. The Kier molecular flexibility index (Phi) is 13.7. The summed E-state index contributed by atoms with van der Waals surface area (Å²) < 4.78 is 0. The van der Waals surface area contributed by atoms with Crippen molar-refractivity contribution in [1.82, 2.24) is 0 Å². The van der Waals surface area contributed by atoms with Gasteiger partial charge in [0.2, 0.25) is 0 Å². The second kappa shape index (κ2) is 11.7. The van der Waals surface area contributed by atoms with Crippen LogP contribution in [0.4, 0.5) is 0 Å².